The van der Waals surface area contributed by atoms with Crippen molar-refractivity contribution in [1.82, 2.24) is 4.90 Å². The second-order valence-corrected chi connectivity index (χ2v) is 5.81. The van der Waals surface area contributed by atoms with E-state index in [2.05, 4.69) is 0 Å². The normalized spacial score (nSPS) is 29.1. The molecule has 0 bridgehead atoms. The maximum atomic E-state index is 12.5. The van der Waals surface area contributed by atoms with Gasteiger partial charge in [0.1, 0.15) is 0 Å². The number of anilines is 1. The van der Waals surface area contributed by atoms with Gasteiger partial charge in [-0.2, -0.15) is 0 Å². The molecule has 20 heavy (non-hydrogen) atoms. The minimum absolute atomic E-state index is 0.0227. The number of amides is 2. The van der Waals surface area contributed by atoms with Crippen LogP contribution in [0.3, 0.4) is 0 Å². The van der Waals surface area contributed by atoms with Crippen LogP contribution in [0.15, 0.2) is 18.2 Å². The number of nitrogens with two attached hydrogens (primary N) is 1. The molecule has 0 spiro atoms. The minimum atomic E-state index is -0.224. The van der Waals surface area contributed by atoms with E-state index in [1.54, 1.807) is 18.2 Å². The molecule has 2 N–H and O–H groups in total. The first-order valence-corrected chi connectivity index (χ1v) is 7.06. The highest BCUT2D eigenvalue weighted by atomic mass is 16.5. The molecule has 2 fully saturated rings. The predicted octanol–water partition coefficient (Wildman–Crippen LogP) is 1.43. The van der Waals surface area contributed by atoms with Crippen molar-refractivity contribution in [3.8, 4) is 0 Å². The van der Waals surface area contributed by atoms with Crippen molar-refractivity contribution in [2.24, 2.45) is 5.92 Å². The summed E-state index contributed by atoms with van der Waals surface area (Å²) < 4.78 is 5.75. The number of imide groups is 1. The smallest absolute Gasteiger partial charge is 0.261 e. The fourth-order valence-corrected chi connectivity index (χ4v) is 3.33. The van der Waals surface area contributed by atoms with Gasteiger partial charge < -0.3 is 10.5 Å². The molecule has 1 aromatic rings. The summed E-state index contributed by atoms with van der Waals surface area (Å²) in [6.07, 6.45) is 3.03. The van der Waals surface area contributed by atoms with Gasteiger partial charge in [-0.15, -0.1) is 0 Å². The van der Waals surface area contributed by atoms with E-state index >= 15 is 0 Å². The van der Waals surface area contributed by atoms with Gasteiger partial charge in [0.2, 0.25) is 0 Å². The van der Waals surface area contributed by atoms with E-state index in [1.807, 2.05) is 0 Å². The van der Waals surface area contributed by atoms with Gasteiger partial charge >= 0.3 is 0 Å². The molecule has 1 saturated carbocycles. The topological polar surface area (TPSA) is 72.6 Å². The van der Waals surface area contributed by atoms with Gasteiger partial charge in [-0.3, -0.25) is 14.5 Å². The third kappa shape index (κ3) is 1.59. The monoisotopic (exact) mass is 272 g/mol. The summed E-state index contributed by atoms with van der Waals surface area (Å²) in [5, 5.41) is 0. The molecular weight excluding hydrogens is 256 g/mol. The number of rotatable bonds is 2. The average Bonchev–Trinajstić information content (AvgIpc) is 3.12. The van der Waals surface area contributed by atoms with Crippen molar-refractivity contribution < 1.29 is 14.3 Å². The van der Waals surface area contributed by atoms with Gasteiger partial charge in [-0.1, -0.05) is 0 Å². The highest BCUT2D eigenvalue weighted by Gasteiger charge is 2.49. The Morgan fingerprint density at radius 2 is 1.85 bits per heavy atom. The lowest BCUT2D eigenvalue weighted by Gasteiger charge is -2.26. The molecule has 2 amide bonds. The van der Waals surface area contributed by atoms with Gasteiger partial charge in [-0.05, 0) is 43.4 Å². The van der Waals surface area contributed by atoms with Crippen LogP contribution in [0.4, 0.5) is 5.69 Å². The zero-order chi connectivity index (χ0) is 13.9. The van der Waals surface area contributed by atoms with E-state index in [4.69, 9.17) is 10.5 Å². The quantitative estimate of drug-likeness (QED) is 0.653. The number of hydrogen-bond donors (Lipinski definition) is 1. The third-order valence-corrected chi connectivity index (χ3v) is 4.46. The van der Waals surface area contributed by atoms with Gasteiger partial charge in [0, 0.05) is 12.3 Å². The van der Waals surface area contributed by atoms with Crippen LogP contribution in [0.25, 0.3) is 0 Å². The SMILES string of the molecule is Nc1ccc2c(c1)C(=O)N(C1CCOC1C1CC1)C2=O. The molecule has 5 nitrogen and oxygen atoms in total. The summed E-state index contributed by atoms with van der Waals surface area (Å²) in [7, 11) is 0. The first-order chi connectivity index (χ1) is 9.66. The molecule has 1 saturated heterocycles. The zero-order valence-electron chi connectivity index (χ0n) is 11.0. The molecule has 0 aromatic heterocycles. The van der Waals surface area contributed by atoms with Crippen molar-refractivity contribution in [3.05, 3.63) is 29.3 Å². The van der Waals surface area contributed by atoms with E-state index < -0.39 is 0 Å². The number of benzene rings is 1. The number of carbonyl (C=O) groups is 2. The first kappa shape index (κ1) is 11.9. The maximum Gasteiger partial charge on any atom is 0.261 e. The summed E-state index contributed by atoms with van der Waals surface area (Å²) >= 11 is 0. The van der Waals surface area contributed by atoms with E-state index in [0.717, 1.165) is 19.3 Å². The molecule has 1 aromatic carbocycles. The number of hydrogen-bond acceptors (Lipinski definition) is 4. The molecule has 2 heterocycles. The molecular formula is C15H16N2O3. The average molecular weight is 272 g/mol. The fraction of sp³-hybridized carbons (Fsp3) is 0.467. The molecule has 0 radical (unpaired) electrons. The highest BCUT2D eigenvalue weighted by Crippen LogP contribution is 2.42. The van der Waals surface area contributed by atoms with Crippen molar-refractivity contribution in [1.29, 1.82) is 0 Å². The standard InChI is InChI=1S/C15H16N2O3/c16-9-3-4-10-11(7-9)15(19)17(14(10)18)12-5-6-20-13(12)8-1-2-8/h3-4,7-8,12-13H,1-2,5-6,16H2. The summed E-state index contributed by atoms with van der Waals surface area (Å²) in [6.45, 7) is 0.626. The Labute approximate surface area is 116 Å². The Morgan fingerprint density at radius 1 is 1.10 bits per heavy atom. The van der Waals surface area contributed by atoms with E-state index in [-0.39, 0.29) is 24.0 Å². The number of nitrogen functional groups attached to an aromatic ring is 1. The van der Waals surface area contributed by atoms with Crippen molar-refractivity contribution in [2.75, 3.05) is 12.3 Å². The zero-order valence-corrected chi connectivity index (χ0v) is 11.0. The highest BCUT2D eigenvalue weighted by molar-refractivity contribution is 6.22. The molecule has 2 unspecified atom stereocenters. The van der Waals surface area contributed by atoms with Crippen LogP contribution >= 0.6 is 0 Å². The van der Waals surface area contributed by atoms with Crippen LogP contribution in [0.2, 0.25) is 0 Å². The molecule has 104 valence electrons. The molecule has 2 atom stereocenters. The Bertz CT molecular complexity index is 609. The van der Waals surface area contributed by atoms with Gasteiger partial charge in [0.25, 0.3) is 11.8 Å². The number of carbonyl (C=O) groups excluding carboxylic acids is 2. The van der Waals surface area contributed by atoms with E-state index in [1.165, 1.54) is 4.90 Å². The van der Waals surface area contributed by atoms with Gasteiger partial charge in [0.15, 0.2) is 0 Å². The Balaban J connectivity index is 1.70. The Morgan fingerprint density at radius 3 is 2.60 bits per heavy atom. The lowest BCUT2D eigenvalue weighted by molar-refractivity contribution is 0.0353. The largest absolute Gasteiger partial charge is 0.399 e. The minimum Gasteiger partial charge on any atom is -0.399 e. The molecule has 5 heteroatoms. The van der Waals surface area contributed by atoms with Gasteiger partial charge in [-0.25, -0.2) is 0 Å². The number of nitrogens with zero attached hydrogens (tertiary/aromatic N) is 1. The lowest BCUT2D eigenvalue weighted by Crippen LogP contribution is -2.45. The molecule has 4 rings (SSSR count). The van der Waals surface area contributed by atoms with Crippen LogP contribution in [0.5, 0.6) is 0 Å². The predicted molar refractivity (Wildman–Crippen MR) is 72.2 cm³/mol. The molecule has 3 aliphatic rings. The van der Waals surface area contributed by atoms with Crippen LogP contribution in [-0.2, 0) is 4.74 Å². The van der Waals surface area contributed by atoms with Crippen molar-refractivity contribution >= 4 is 17.5 Å². The van der Waals surface area contributed by atoms with Crippen LogP contribution in [0, 0.1) is 5.92 Å². The first-order valence-electron chi connectivity index (χ1n) is 7.06. The van der Waals surface area contributed by atoms with Crippen LogP contribution in [-0.4, -0.2) is 35.5 Å². The molecule has 2 aliphatic heterocycles. The van der Waals surface area contributed by atoms with E-state index in [0.29, 0.717) is 29.3 Å². The second-order valence-electron chi connectivity index (χ2n) is 5.81. The van der Waals surface area contributed by atoms with E-state index in [9.17, 15) is 9.59 Å². The number of ether oxygens (including phenoxy) is 1. The maximum absolute atomic E-state index is 12.5. The van der Waals surface area contributed by atoms with Crippen molar-refractivity contribution in [3.63, 3.8) is 0 Å². The van der Waals surface area contributed by atoms with Crippen molar-refractivity contribution in [2.45, 2.75) is 31.4 Å². The lowest BCUT2D eigenvalue weighted by atomic mass is 10.0. The molecule has 1 aliphatic carbocycles. The summed E-state index contributed by atoms with van der Waals surface area (Å²) in [5.74, 6) is 0.0847. The summed E-state index contributed by atoms with van der Waals surface area (Å²) in [4.78, 5) is 26.4. The van der Waals surface area contributed by atoms with Crippen LogP contribution < -0.4 is 5.73 Å². The Hall–Kier alpha value is -1.88. The third-order valence-electron chi connectivity index (χ3n) is 4.46. The summed E-state index contributed by atoms with van der Waals surface area (Å²) in [5.41, 5.74) is 7.11. The van der Waals surface area contributed by atoms with Gasteiger partial charge in [0.05, 0.1) is 23.3 Å². The number of fused-ring (bicyclic) bond motifs is 1. The fourth-order valence-electron chi connectivity index (χ4n) is 3.33. The second kappa shape index (κ2) is 4.06. The Kier molecular flexibility index (Phi) is 2.41. The van der Waals surface area contributed by atoms with Crippen LogP contribution in [0.1, 0.15) is 40.0 Å². The summed E-state index contributed by atoms with van der Waals surface area (Å²) in [6, 6.07) is 4.79.